The number of aryl methyl sites for hydroxylation is 2. The van der Waals surface area contributed by atoms with E-state index in [0.717, 1.165) is 12.8 Å². The molecule has 3 nitrogen and oxygen atoms in total. The van der Waals surface area contributed by atoms with Crippen molar-refractivity contribution in [2.24, 2.45) is 17.6 Å². The zero-order valence-corrected chi connectivity index (χ0v) is 11.2. The molecule has 0 spiro atoms. The summed E-state index contributed by atoms with van der Waals surface area (Å²) in [5.74, 6) is -0.798. The van der Waals surface area contributed by atoms with Gasteiger partial charge in [0.15, 0.2) is 0 Å². The molecule has 0 aliphatic rings. The smallest absolute Gasteiger partial charge is 0.307 e. The second-order valence-corrected chi connectivity index (χ2v) is 5.14. The zero-order chi connectivity index (χ0) is 13.5. The van der Waals surface area contributed by atoms with Crippen LogP contribution in [0.2, 0.25) is 0 Å². The van der Waals surface area contributed by atoms with Gasteiger partial charge < -0.3 is 10.8 Å². The van der Waals surface area contributed by atoms with E-state index >= 15 is 0 Å². The first-order valence-electron chi connectivity index (χ1n) is 6.51. The molecule has 3 N–H and O–H groups in total. The molecule has 0 aliphatic carbocycles. The second-order valence-electron chi connectivity index (χ2n) is 5.14. The van der Waals surface area contributed by atoms with Crippen LogP contribution in [-0.4, -0.2) is 17.6 Å². The Morgan fingerprint density at radius 2 is 1.94 bits per heavy atom. The Labute approximate surface area is 109 Å². The molecule has 18 heavy (non-hydrogen) atoms. The first-order chi connectivity index (χ1) is 8.52. The quantitative estimate of drug-likeness (QED) is 0.780. The molecule has 1 rings (SSSR count). The number of carbonyl (C=O) groups is 1. The third-order valence-corrected chi connectivity index (χ3v) is 3.37. The zero-order valence-electron chi connectivity index (χ0n) is 11.2. The van der Waals surface area contributed by atoms with Crippen LogP contribution in [0.5, 0.6) is 0 Å². The van der Waals surface area contributed by atoms with Gasteiger partial charge in [-0.15, -0.1) is 0 Å². The third kappa shape index (κ3) is 4.88. The molecule has 1 aromatic carbocycles. The fourth-order valence-corrected chi connectivity index (χ4v) is 2.07. The first kappa shape index (κ1) is 14.7. The van der Waals surface area contributed by atoms with Crippen molar-refractivity contribution in [3.05, 3.63) is 35.4 Å². The van der Waals surface area contributed by atoms with Crippen molar-refractivity contribution in [3.63, 3.8) is 0 Å². The fraction of sp³-hybridized carbons (Fsp3) is 0.533. The Balaban J connectivity index is 2.38. The number of carboxylic acids is 1. The van der Waals surface area contributed by atoms with E-state index in [1.807, 2.05) is 0 Å². The molecule has 0 bridgehead atoms. The van der Waals surface area contributed by atoms with Crippen molar-refractivity contribution in [1.29, 1.82) is 0 Å². The predicted molar refractivity (Wildman–Crippen MR) is 73.5 cm³/mol. The minimum atomic E-state index is -0.778. The first-order valence-corrected chi connectivity index (χ1v) is 6.51. The number of nitrogens with two attached hydrogens (primary N) is 1. The van der Waals surface area contributed by atoms with E-state index < -0.39 is 11.9 Å². The molecule has 0 radical (unpaired) electrons. The summed E-state index contributed by atoms with van der Waals surface area (Å²) in [4.78, 5) is 10.9. The summed E-state index contributed by atoms with van der Waals surface area (Å²) in [6.07, 6.45) is 2.67. The molecule has 0 saturated heterocycles. The minimum Gasteiger partial charge on any atom is -0.481 e. The van der Waals surface area contributed by atoms with Gasteiger partial charge in [-0.2, -0.15) is 0 Å². The second kappa shape index (κ2) is 7.17. The van der Waals surface area contributed by atoms with Gasteiger partial charge in [0, 0.05) is 6.54 Å². The number of rotatable bonds is 7. The summed E-state index contributed by atoms with van der Waals surface area (Å²) in [7, 11) is 0. The summed E-state index contributed by atoms with van der Waals surface area (Å²) < 4.78 is 0. The van der Waals surface area contributed by atoms with E-state index in [2.05, 4.69) is 38.1 Å². The average molecular weight is 249 g/mol. The van der Waals surface area contributed by atoms with Crippen LogP contribution < -0.4 is 5.73 Å². The van der Waals surface area contributed by atoms with Gasteiger partial charge in [0.2, 0.25) is 0 Å². The van der Waals surface area contributed by atoms with Crippen LogP contribution in [0.3, 0.4) is 0 Å². The number of benzene rings is 1. The van der Waals surface area contributed by atoms with Crippen molar-refractivity contribution >= 4 is 5.97 Å². The Kier molecular flexibility index (Phi) is 5.86. The molecule has 0 amide bonds. The highest BCUT2D eigenvalue weighted by atomic mass is 16.4. The number of carboxylic acid groups (broad SMARTS) is 1. The van der Waals surface area contributed by atoms with Crippen molar-refractivity contribution in [2.75, 3.05) is 6.54 Å². The molecular formula is C15H23NO2. The molecule has 0 aliphatic heterocycles. The molecule has 0 fully saturated rings. The van der Waals surface area contributed by atoms with Gasteiger partial charge in [0.05, 0.1) is 5.92 Å². The lowest BCUT2D eigenvalue weighted by Crippen LogP contribution is -2.25. The molecular weight excluding hydrogens is 226 g/mol. The van der Waals surface area contributed by atoms with Crippen molar-refractivity contribution in [1.82, 2.24) is 0 Å². The molecule has 1 aromatic rings. The van der Waals surface area contributed by atoms with Crippen molar-refractivity contribution in [3.8, 4) is 0 Å². The van der Waals surface area contributed by atoms with Gasteiger partial charge in [-0.1, -0.05) is 36.8 Å². The Bertz CT molecular complexity index is 373. The average Bonchev–Trinajstić information content (AvgIpc) is 2.35. The van der Waals surface area contributed by atoms with Crippen LogP contribution in [0.4, 0.5) is 0 Å². The van der Waals surface area contributed by atoms with Gasteiger partial charge in [0.25, 0.3) is 0 Å². The molecule has 100 valence electrons. The van der Waals surface area contributed by atoms with Crippen molar-refractivity contribution in [2.45, 2.75) is 33.1 Å². The third-order valence-electron chi connectivity index (χ3n) is 3.37. The molecule has 0 heterocycles. The SMILES string of the molecule is Cc1ccc(CCC(C)CC(CN)C(=O)O)cc1. The predicted octanol–water partition coefficient (Wildman–Crippen LogP) is 2.61. The normalized spacial score (nSPS) is 14.2. The van der Waals surface area contributed by atoms with E-state index in [-0.39, 0.29) is 6.54 Å². The van der Waals surface area contributed by atoms with Crippen molar-refractivity contribution < 1.29 is 9.90 Å². The minimum absolute atomic E-state index is 0.226. The highest BCUT2D eigenvalue weighted by Crippen LogP contribution is 2.18. The number of hydrogen-bond donors (Lipinski definition) is 2. The summed E-state index contributed by atoms with van der Waals surface area (Å²) >= 11 is 0. The summed E-state index contributed by atoms with van der Waals surface area (Å²) in [5, 5.41) is 8.96. The standard InChI is InChI=1S/C15H23NO2/c1-11-3-6-13(7-4-11)8-5-12(2)9-14(10-16)15(17)18/h3-4,6-7,12,14H,5,8-10,16H2,1-2H3,(H,17,18). The maximum Gasteiger partial charge on any atom is 0.307 e. The summed E-state index contributed by atoms with van der Waals surface area (Å²) in [6, 6.07) is 8.50. The van der Waals surface area contributed by atoms with Crippen LogP contribution >= 0.6 is 0 Å². The number of aliphatic carboxylic acids is 1. The van der Waals surface area contributed by atoms with Crippen LogP contribution in [0, 0.1) is 18.8 Å². The Morgan fingerprint density at radius 3 is 2.44 bits per heavy atom. The van der Waals surface area contributed by atoms with Crippen LogP contribution in [0.25, 0.3) is 0 Å². The van der Waals surface area contributed by atoms with Gasteiger partial charge in [-0.05, 0) is 37.7 Å². The van der Waals surface area contributed by atoms with E-state index in [9.17, 15) is 4.79 Å². The van der Waals surface area contributed by atoms with Crippen LogP contribution in [-0.2, 0) is 11.2 Å². The van der Waals surface area contributed by atoms with Gasteiger partial charge >= 0.3 is 5.97 Å². The fourth-order valence-electron chi connectivity index (χ4n) is 2.07. The summed E-state index contributed by atoms with van der Waals surface area (Å²) in [6.45, 7) is 4.40. The molecule has 0 saturated carbocycles. The lowest BCUT2D eigenvalue weighted by molar-refractivity contribution is -0.141. The highest BCUT2D eigenvalue weighted by molar-refractivity contribution is 5.70. The maximum atomic E-state index is 10.9. The van der Waals surface area contributed by atoms with E-state index in [1.165, 1.54) is 11.1 Å². The van der Waals surface area contributed by atoms with E-state index in [1.54, 1.807) is 0 Å². The lowest BCUT2D eigenvalue weighted by Gasteiger charge is -2.16. The van der Waals surface area contributed by atoms with E-state index in [0.29, 0.717) is 12.3 Å². The lowest BCUT2D eigenvalue weighted by atomic mass is 9.91. The largest absolute Gasteiger partial charge is 0.481 e. The van der Waals surface area contributed by atoms with Gasteiger partial charge in [-0.3, -0.25) is 4.79 Å². The van der Waals surface area contributed by atoms with Gasteiger partial charge in [0.1, 0.15) is 0 Å². The number of hydrogen-bond acceptors (Lipinski definition) is 2. The monoisotopic (exact) mass is 249 g/mol. The molecule has 2 unspecified atom stereocenters. The molecule has 2 atom stereocenters. The van der Waals surface area contributed by atoms with Crippen LogP contribution in [0.15, 0.2) is 24.3 Å². The van der Waals surface area contributed by atoms with Gasteiger partial charge in [-0.25, -0.2) is 0 Å². The Morgan fingerprint density at radius 1 is 1.33 bits per heavy atom. The topological polar surface area (TPSA) is 63.3 Å². The highest BCUT2D eigenvalue weighted by Gasteiger charge is 2.18. The molecule has 3 heteroatoms. The molecule has 0 aromatic heterocycles. The summed E-state index contributed by atoms with van der Waals surface area (Å²) in [5.41, 5.74) is 8.04. The van der Waals surface area contributed by atoms with Crippen LogP contribution in [0.1, 0.15) is 30.9 Å². The van der Waals surface area contributed by atoms with E-state index in [4.69, 9.17) is 10.8 Å². The maximum absolute atomic E-state index is 10.9. The Hall–Kier alpha value is -1.35.